The van der Waals surface area contributed by atoms with Gasteiger partial charge in [0.2, 0.25) is 41.4 Å². The van der Waals surface area contributed by atoms with Gasteiger partial charge in [0.1, 0.15) is 78.6 Å². The second kappa shape index (κ2) is 54.8. The van der Waals surface area contributed by atoms with Gasteiger partial charge in [0.15, 0.2) is 18.9 Å². The van der Waals surface area contributed by atoms with Crippen molar-refractivity contribution in [2.45, 2.75) is 170 Å². The number of hydrogen-bond donors (Lipinski definition) is 16. The standard InChI is InChI=1S/C64H118N8O31/c1-6-72(5)17-9-7-8-10-51(82)71-64(39-95-18-11-48(79)65-14-21-89-24-27-92-30-33-98-61-52(68-42(2)76)58(86)55(83)45(36-73)101-61,40-96-19-12-49(80)66-15-22-90-25-28-93-31-34-99-62-53(69-43(3)77)59(87)56(84)46(37-74)102-62)41-97-20-13-50(81)67-16-23-91-26-29-94-32-35-100-63-54(70-44(4)78)60(88)57(85)47(38-75)103-63/h45-47,52-63,73-75,83-88H,6-41H2,1-5H3,(H,65,79)(H,66,80)(H,67,81)(H,68,76)(H,69,77)(H,70,78)(H,71,82)/t45?,46?,47?,52-,53-,54-,55-,56-,57-,58?,59?,60?,61+,62+,63+,64?/m0/s1. The first-order valence-electron chi connectivity index (χ1n) is 35.0. The first-order valence-corrected chi connectivity index (χ1v) is 35.0. The van der Waals surface area contributed by atoms with E-state index in [4.69, 9.17) is 71.1 Å². The number of nitrogens with zero attached hydrogens (tertiary/aromatic N) is 1. The second-order valence-electron chi connectivity index (χ2n) is 24.6. The predicted octanol–water partition coefficient (Wildman–Crippen LogP) is -8.10. The highest BCUT2D eigenvalue weighted by molar-refractivity contribution is 5.78. The van der Waals surface area contributed by atoms with Crippen LogP contribution >= 0.6 is 0 Å². The molecule has 0 aliphatic carbocycles. The maximum absolute atomic E-state index is 13.8. The molecule has 15 atom stereocenters. The lowest BCUT2D eigenvalue weighted by atomic mass is 9.97. The molecular weight excluding hydrogens is 1380 g/mol. The number of nitrogens with one attached hydrogen (secondary N) is 7. The smallest absolute Gasteiger partial charge is 0.222 e. The average molecular weight is 1500 g/mol. The number of hydrogen-bond acceptors (Lipinski definition) is 32. The molecule has 0 aromatic heterocycles. The fourth-order valence-corrected chi connectivity index (χ4v) is 10.4. The first kappa shape index (κ1) is 92.5. The lowest BCUT2D eigenvalue weighted by Gasteiger charge is -2.42. The van der Waals surface area contributed by atoms with E-state index in [1.165, 1.54) is 20.8 Å². The van der Waals surface area contributed by atoms with E-state index in [9.17, 15) is 79.5 Å². The Morgan fingerprint density at radius 3 is 0.971 bits per heavy atom. The Bertz CT molecular complexity index is 2120. The molecular formula is C64H118N8O31. The molecule has 0 spiro atoms. The molecule has 7 amide bonds. The minimum absolute atomic E-state index is 0.0237. The molecule has 3 saturated heterocycles. The first-order chi connectivity index (χ1) is 49.5. The molecule has 3 fully saturated rings. The van der Waals surface area contributed by atoms with E-state index in [-0.39, 0.29) is 208 Å². The van der Waals surface area contributed by atoms with E-state index in [1.54, 1.807) is 0 Å². The molecule has 16 N–H and O–H groups in total. The molecule has 0 aromatic carbocycles. The van der Waals surface area contributed by atoms with E-state index in [0.29, 0.717) is 6.42 Å². The highest BCUT2D eigenvalue weighted by Crippen LogP contribution is 2.25. The summed E-state index contributed by atoms with van der Waals surface area (Å²) < 4.78 is 85.0. The summed E-state index contributed by atoms with van der Waals surface area (Å²) in [5.74, 6) is -2.89. The van der Waals surface area contributed by atoms with Crippen molar-refractivity contribution in [3.8, 4) is 0 Å². The van der Waals surface area contributed by atoms with Gasteiger partial charge in [-0.1, -0.05) is 13.3 Å². The Labute approximate surface area is 600 Å². The van der Waals surface area contributed by atoms with Gasteiger partial charge in [0.05, 0.1) is 159 Å². The molecule has 3 aliphatic heterocycles. The summed E-state index contributed by atoms with van der Waals surface area (Å²) in [6, 6.07) is -3.28. The summed E-state index contributed by atoms with van der Waals surface area (Å²) in [6.07, 6.45) is -13.5. The van der Waals surface area contributed by atoms with E-state index in [0.717, 1.165) is 25.9 Å². The maximum Gasteiger partial charge on any atom is 0.222 e. The Hall–Kier alpha value is -4.71. The SMILES string of the molecule is CCN(C)CCCCCC(=O)NC(COCCC(=O)NCCOCCOCCO[C@@H]1OC(CO)[C@H](O)C(O)[C@@H]1NC(C)=O)(COCCC(=O)NCCOCCOCCO[C@@H]1OC(CO)[C@H](O)C(O)[C@@H]1NC(C)=O)COCCC(=O)NCCOCCOCCO[C@@H]1OC(CO)[C@H](O)C(O)[C@@H]1NC(C)=O. The van der Waals surface area contributed by atoms with E-state index in [2.05, 4.69) is 49.0 Å². The fourth-order valence-electron chi connectivity index (χ4n) is 10.4. The molecule has 0 bridgehead atoms. The number of aliphatic hydroxyl groups is 9. The van der Waals surface area contributed by atoms with Crippen LogP contribution in [0.3, 0.4) is 0 Å². The van der Waals surface area contributed by atoms with Gasteiger partial charge < -0.3 is 159 Å². The van der Waals surface area contributed by atoms with Gasteiger partial charge in [-0.25, -0.2) is 0 Å². The second-order valence-corrected chi connectivity index (χ2v) is 24.6. The molecule has 6 unspecified atom stereocenters. The van der Waals surface area contributed by atoms with Crippen LogP contribution in [0.1, 0.15) is 72.6 Å². The normalized spacial score (nSPS) is 25.5. The van der Waals surface area contributed by atoms with Gasteiger partial charge in [-0.15, -0.1) is 0 Å². The van der Waals surface area contributed by atoms with E-state index < -0.39 is 135 Å². The lowest BCUT2D eigenvalue weighted by Crippen LogP contribution is -2.64. The van der Waals surface area contributed by atoms with Crippen molar-refractivity contribution in [1.29, 1.82) is 0 Å². The molecule has 39 heteroatoms. The van der Waals surface area contributed by atoms with Crippen LogP contribution in [0.15, 0.2) is 0 Å². The summed E-state index contributed by atoms with van der Waals surface area (Å²) in [4.78, 5) is 89.8. The monoisotopic (exact) mass is 1490 g/mol. The third-order valence-corrected chi connectivity index (χ3v) is 16.0. The highest BCUT2D eigenvalue weighted by Gasteiger charge is 2.48. The van der Waals surface area contributed by atoms with Crippen molar-refractivity contribution in [3.63, 3.8) is 0 Å². The molecule has 3 heterocycles. The molecule has 600 valence electrons. The molecule has 103 heavy (non-hydrogen) atoms. The fraction of sp³-hybridized carbons (Fsp3) is 0.891. The summed E-state index contributed by atoms with van der Waals surface area (Å²) in [5.41, 5.74) is -1.37. The third kappa shape index (κ3) is 38.6. The van der Waals surface area contributed by atoms with Crippen LogP contribution in [-0.2, 0) is 105 Å². The Balaban J connectivity index is 1.50. The number of rotatable bonds is 59. The van der Waals surface area contributed by atoms with Gasteiger partial charge in [0.25, 0.3) is 0 Å². The molecule has 0 radical (unpaired) electrons. The van der Waals surface area contributed by atoms with Gasteiger partial charge in [-0.2, -0.15) is 0 Å². The molecule has 0 saturated carbocycles. The van der Waals surface area contributed by atoms with Gasteiger partial charge in [0, 0.05) is 66.1 Å². The number of unbranched alkanes of at least 4 members (excludes halogenated alkanes) is 2. The van der Waals surface area contributed by atoms with Crippen molar-refractivity contribution in [3.05, 3.63) is 0 Å². The predicted molar refractivity (Wildman–Crippen MR) is 357 cm³/mol. The summed E-state index contributed by atoms with van der Waals surface area (Å²) in [5, 5.41) is 109. The molecule has 3 aliphatic rings. The lowest BCUT2D eigenvalue weighted by molar-refractivity contribution is -0.272. The van der Waals surface area contributed by atoms with E-state index >= 15 is 0 Å². The zero-order chi connectivity index (χ0) is 75.8. The quantitative estimate of drug-likeness (QED) is 0.0252. The van der Waals surface area contributed by atoms with Crippen molar-refractivity contribution < 1.29 is 151 Å². The van der Waals surface area contributed by atoms with Crippen LogP contribution in [0.2, 0.25) is 0 Å². The highest BCUT2D eigenvalue weighted by atomic mass is 16.7. The summed E-state index contributed by atoms with van der Waals surface area (Å²) in [7, 11) is 2.01. The Kier molecular flexibility index (Phi) is 49.2. The van der Waals surface area contributed by atoms with Crippen molar-refractivity contribution in [1.82, 2.24) is 42.1 Å². The van der Waals surface area contributed by atoms with Crippen LogP contribution in [0, 0.1) is 0 Å². The van der Waals surface area contributed by atoms with Crippen LogP contribution in [0.5, 0.6) is 0 Å². The van der Waals surface area contributed by atoms with Gasteiger partial charge in [-0.05, 0) is 33.0 Å². The zero-order valence-corrected chi connectivity index (χ0v) is 60.1. The van der Waals surface area contributed by atoms with Crippen molar-refractivity contribution in [2.75, 3.05) is 198 Å². The number of carbonyl (C=O) groups excluding carboxylic acids is 7. The third-order valence-electron chi connectivity index (χ3n) is 16.0. The van der Waals surface area contributed by atoms with Gasteiger partial charge >= 0.3 is 0 Å². The topological polar surface area (TPSA) is 527 Å². The Morgan fingerprint density at radius 2 is 0.680 bits per heavy atom. The van der Waals surface area contributed by atoms with Crippen LogP contribution in [-0.4, -0.2) is 388 Å². The number of amides is 7. The molecule has 39 nitrogen and oxygen atoms in total. The zero-order valence-electron chi connectivity index (χ0n) is 60.1. The maximum atomic E-state index is 13.8. The number of aliphatic hydroxyl groups excluding tert-OH is 9. The van der Waals surface area contributed by atoms with Gasteiger partial charge in [-0.3, -0.25) is 33.6 Å². The number of carbonyl (C=O) groups is 7. The van der Waals surface area contributed by atoms with E-state index in [1.807, 2.05) is 7.05 Å². The van der Waals surface area contributed by atoms with Crippen LogP contribution < -0.4 is 37.2 Å². The van der Waals surface area contributed by atoms with Crippen molar-refractivity contribution in [2.24, 2.45) is 0 Å². The number of ether oxygens (including phenoxy) is 15. The van der Waals surface area contributed by atoms with Crippen LogP contribution in [0.25, 0.3) is 0 Å². The molecule has 3 rings (SSSR count). The Morgan fingerprint density at radius 1 is 0.379 bits per heavy atom. The largest absolute Gasteiger partial charge is 0.394 e. The van der Waals surface area contributed by atoms with Crippen molar-refractivity contribution >= 4 is 41.4 Å². The minimum atomic E-state index is -1.45. The summed E-state index contributed by atoms with van der Waals surface area (Å²) >= 11 is 0. The molecule has 0 aromatic rings. The van der Waals surface area contributed by atoms with Crippen LogP contribution in [0.4, 0.5) is 0 Å². The summed E-state index contributed by atoms with van der Waals surface area (Å²) in [6.45, 7) is 6.76. The minimum Gasteiger partial charge on any atom is -0.394 e. The average Bonchev–Trinajstić information content (AvgIpc) is 0.806.